The molecule has 0 atom stereocenters. The predicted octanol–water partition coefficient (Wildman–Crippen LogP) is 1.53. The average Bonchev–Trinajstić information content (AvgIpc) is 2.04. The van der Waals surface area contributed by atoms with Crippen molar-refractivity contribution in [1.82, 2.24) is 0 Å². The van der Waals surface area contributed by atoms with E-state index in [9.17, 15) is 4.79 Å². The van der Waals surface area contributed by atoms with E-state index in [0.29, 0.717) is 13.0 Å². The number of carbonyl (C=O) groups is 1. The zero-order valence-electron chi connectivity index (χ0n) is 7.92. The van der Waals surface area contributed by atoms with Crippen LogP contribution in [0.5, 0.6) is 0 Å². The molecule has 0 spiro atoms. The lowest BCUT2D eigenvalue weighted by atomic mass is 10.1. The van der Waals surface area contributed by atoms with Gasteiger partial charge in [0.05, 0.1) is 12.2 Å². The molecule has 0 rings (SSSR count). The van der Waals surface area contributed by atoms with Crippen LogP contribution < -0.4 is 0 Å². The topological polar surface area (TPSA) is 35.5 Å². The first-order chi connectivity index (χ1) is 5.52. The molecule has 0 aliphatic heterocycles. The van der Waals surface area contributed by atoms with E-state index < -0.39 is 0 Å². The number of hydrogen-bond acceptors (Lipinski definition) is 3. The van der Waals surface area contributed by atoms with E-state index in [-0.39, 0.29) is 11.6 Å². The Morgan fingerprint density at radius 2 is 2.17 bits per heavy atom. The third kappa shape index (κ3) is 4.91. The third-order valence-electron chi connectivity index (χ3n) is 1.67. The van der Waals surface area contributed by atoms with Gasteiger partial charge in [-0.3, -0.25) is 0 Å². The van der Waals surface area contributed by atoms with Crippen LogP contribution in [-0.2, 0) is 14.3 Å². The zero-order valence-corrected chi connectivity index (χ0v) is 7.92. The second-order valence-electron chi connectivity index (χ2n) is 3.09. The van der Waals surface area contributed by atoms with Crippen molar-refractivity contribution < 1.29 is 14.3 Å². The fourth-order valence-electron chi connectivity index (χ4n) is 0.558. The second-order valence-corrected chi connectivity index (χ2v) is 3.09. The Bertz CT molecular complexity index is 161. The molecule has 0 radical (unpaired) electrons. The molecule has 0 saturated carbocycles. The monoisotopic (exact) mass is 172 g/mol. The fourth-order valence-corrected chi connectivity index (χ4v) is 0.558. The molecule has 0 aromatic rings. The summed E-state index contributed by atoms with van der Waals surface area (Å²) >= 11 is 0. The van der Waals surface area contributed by atoms with Crippen molar-refractivity contribution in [3.8, 4) is 0 Å². The van der Waals surface area contributed by atoms with Crippen molar-refractivity contribution in [2.75, 3.05) is 13.7 Å². The summed E-state index contributed by atoms with van der Waals surface area (Å²) in [6.45, 7) is 7.54. The van der Waals surface area contributed by atoms with Crippen molar-refractivity contribution in [1.29, 1.82) is 0 Å². The van der Waals surface area contributed by atoms with Crippen LogP contribution in [-0.4, -0.2) is 25.3 Å². The normalized spacial score (nSPS) is 10.9. The first-order valence-electron chi connectivity index (χ1n) is 3.86. The maximum atomic E-state index is 10.6. The van der Waals surface area contributed by atoms with Crippen LogP contribution in [0.25, 0.3) is 0 Å². The van der Waals surface area contributed by atoms with E-state index in [4.69, 9.17) is 9.47 Å². The lowest BCUT2D eigenvalue weighted by molar-refractivity contribution is -0.139. The molecule has 0 unspecified atom stereocenters. The summed E-state index contributed by atoms with van der Waals surface area (Å²) < 4.78 is 9.93. The molecular formula is C9H16O3. The highest BCUT2D eigenvalue weighted by molar-refractivity contribution is 5.81. The molecule has 12 heavy (non-hydrogen) atoms. The van der Waals surface area contributed by atoms with Gasteiger partial charge in [-0.15, -0.1) is 0 Å². The summed E-state index contributed by atoms with van der Waals surface area (Å²) in [4.78, 5) is 10.6. The van der Waals surface area contributed by atoms with E-state index in [1.165, 1.54) is 0 Å². The fraction of sp³-hybridized carbons (Fsp3) is 0.667. The minimum absolute atomic E-state index is 0.235. The molecule has 0 bridgehead atoms. The maximum absolute atomic E-state index is 10.6. The lowest BCUT2D eigenvalue weighted by Crippen LogP contribution is -2.24. The van der Waals surface area contributed by atoms with Crippen LogP contribution in [0.1, 0.15) is 20.3 Å². The van der Waals surface area contributed by atoms with Gasteiger partial charge in [0.2, 0.25) is 0 Å². The van der Waals surface area contributed by atoms with Gasteiger partial charge in [-0.25, -0.2) is 4.79 Å². The summed E-state index contributed by atoms with van der Waals surface area (Å²) in [6.07, 6.45) is 1.84. The Labute approximate surface area is 73.4 Å². The number of hydrogen-bond donors (Lipinski definition) is 0. The molecular weight excluding hydrogens is 156 g/mol. The maximum Gasteiger partial charge on any atom is 0.330 e. The summed E-state index contributed by atoms with van der Waals surface area (Å²) in [5, 5.41) is 0. The second kappa shape index (κ2) is 4.93. The Balaban J connectivity index is 3.56. The first kappa shape index (κ1) is 11.2. The van der Waals surface area contributed by atoms with Crippen LogP contribution in [0.4, 0.5) is 0 Å². The Hall–Kier alpha value is -0.830. The summed E-state index contributed by atoms with van der Waals surface area (Å²) in [5.41, 5.74) is -0.235. The average molecular weight is 172 g/mol. The molecule has 0 saturated heterocycles. The van der Waals surface area contributed by atoms with Gasteiger partial charge in [0.15, 0.2) is 0 Å². The molecule has 0 aliphatic carbocycles. The van der Waals surface area contributed by atoms with Gasteiger partial charge in [0.1, 0.15) is 0 Å². The van der Waals surface area contributed by atoms with Crippen LogP contribution in [0.2, 0.25) is 0 Å². The van der Waals surface area contributed by atoms with E-state index in [1.54, 1.807) is 7.11 Å². The van der Waals surface area contributed by atoms with E-state index >= 15 is 0 Å². The van der Waals surface area contributed by atoms with Crippen molar-refractivity contribution in [3.63, 3.8) is 0 Å². The van der Waals surface area contributed by atoms with Crippen molar-refractivity contribution in [2.24, 2.45) is 0 Å². The van der Waals surface area contributed by atoms with Crippen LogP contribution in [0.15, 0.2) is 12.7 Å². The molecule has 0 N–H and O–H groups in total. The highest BCUT2D eigenvalue weighted by Crippen LogP contribution is 2.12. The van der Waals surface area contributed by atoms with Gasteiger partial charge in [0.25, 0.3) is 0 Å². The molecule has 3 nitrogen and oxygen atoms in total. The van der Waals surface area contributed by atoms with E-state index in [0.717, 1.165) is 6.08 Å². The largest absolute Gasteiger partial charge is 0.462 e. The number of ether oxygens (including phenoxy) is 2. The number of methoxy groups -OCH3 is 1. The van der Waals surface area contributed by atoms with Crippen molar-refractivity contribution in [3.05, 3.63) is 12.7 Å². The smallest absolute Gasteiger partial charge is 0.330 e. The van der Waals surface area contributed by atoms with Gasteiger partial charge < -0.3 is 9.47 Å². The van der Waals surface area contributed by atoms with Crippen molar-refractivity contribution >= 4 is 5.97 Å². The van der Waals surface area contributed by atoms with Crippen LogP contribution >= 0.6 is 0 Å². The molecule has 3 heteroatoms. The van der Waals surface area contributed by atoms with Crippen LogP contribution in [0.3, 0.4) is 0 Å². The molecule has 0 aromatic heterocycles. The molecule has 0 aromatic carbocycles. The summed E-state index contributed by atoms with van der Waals surface area (Å²) in [7, 11) is 1.63. The molecule has 70 valence electrons. The SMILES string of the molecule is C=CC(=O)OCCC(C)(C)OC. The predicted molar refractivity (Wildman–Crippen MR) is 46.9 cm³/mol. The zero-order chi connectivity index (χ0) is 9.61. The quantitative estimate of drug-likeness (QED) is 0.466. The number of carbonyl (C=O) groups excluding carboxylic acids is 1. The van der Waals surface area contributed by atoms with Gasteiger partial charge >= 0.3 is 5.97 Å². The molecule has 0 aliphatic rings. The minimum atomic E-state index is -0.387. The standard InChI is InChI=1S/C9H16O3/c1-5-8(10)12-7-6-9(2,3)11-4/h5H,1,6-7H2,2-4H3. The molecule has 0 fully saturated rings. The Kier molecular flexibility index (Phi) is 4.59. The lowest BCUT2D eigenvalue weighted by Gasteiger charge is -2.21. The van der Waals surface area contributed by atoms with Gasteiger partial charge in [0, 0.05) is 19.6 Å². The Morgan fingerprint density at radius 3 is 2.58 bits per heavy atom. The number of rotatable bonds is 5. The van der Waals surface area contributed by atoms with Crippen LogP contribution in [0, 0.1) is 0 Å². The van der Waals surface area contributed by atoms with Crippen molar-refractivity contribution in [2.45, 2.75) is 25.9 Å². The molecule has 0 heterocycles. The first-order valence-corrected chi connectivity index (χ1v) is 3.86. The summed E-state index contributed by atoms with van der Waals surface area (Å²) in [6, 6.07) is 0. The molecule has 0 amide bonds. The van der Waals surface area contributed by atoms with E-state index in [1.807, 2.05) is 13.8 Å². The number of esters is 1. The highest BCUT2D eigenvalue weighted by Gasteiger charge is 2.16. The third-order valence-corrected chi connectivity index (χ3v) is 1.67. The van der Waals surface area contributed by atoms with Gasteiger partial charge in [-0.1, -0.05) is 6.58 Å². The van der Waals surface area contributed by atoms with Gasteiger partial charge in [-0.2, -0.15) is 0 Å². The highest BCUT2D eigenvalue weighted by atomic mass is 16.5. The minimum Gasteiger partial charge on any atom is -0.462 e. The Morgan fingerprint density at radius 1 is 1.58 bits per heavy atom. The van der Waals surface area contributed by atoms with Gasteiger partial charge in [-0.05, 0) is 13.8 Å². The summed E-state index contributed by atoms with van der Waals surface area (Å²) in [5.74, 6) is -0.387. The van der Waals surface area contributed by atoms with E-state index in [2.05, 4.69) is 6.58 Å².